The first-order valence-electron chi connectivity index (χ1n) is 11.3. The van der Waals surface area contributed by atoms with Crippen LogP contribution in [0.15, 0.2) is 102 Å². The summed E-state index contributed by atoms with van der Waals surface area (Å²) < 4.78 is 18.8. The van der Waals surface area contributed by atoms with Crippen LogP contribution in [0.1, 0.15) is 0 Å². The molecule has 0 aliphatic heterocycles. The maximum Gasteiger partial charge on any atom is 0.324 e. The third-order valence-corrected chi connectivity index (χ3v) is 5.16. The minimum absolute atomic E-state index is 0.163. The molecule has 38 heavy (non-hydrogen) atoms. The number of carbonyl (C=O) groups excluding carboxylic acids is 1. The first-order chi connectivity index (χ1) is 18.6. The van der Waals surface area contributed by atoms with Crippen LogP contribution in [0.4, 0.5) is 26.4 Å². The van der Waals surface area contributed by atoms with E-state index in [1.54, 1.807) is 36.4 Å². The predicted molar refractivity (Wildman–Crippen MR) is 140 cm³/mol. The molecule has 0 saturated carbocycles. The van der Waals surface area contributed by atoms with Crippen molar-refractivity contribution in [3.05, 3.63) is 108 Å². The molecule has 0 aliphatic rings. The molecule has 0 aliphatic carbocycles. The van der Waals surface area contributed by atoms with Gasteiger partial charge in [0.1, 0.15) is 30.3 Å². The monoisotopic (exact) mass is 505 g/mol. The van der Waals surface area contributed by atoms with Gasteiger partial charge in [-0.25, -0.2) is 9.18 Å². The lowest BCUT2D eigenvalue weighted by molar-refractivity contribution is 0.262. The Kier molecular flexibility index (Phi) is 8.20. The quantitative estimate of drug-likeness (QED) is 0.261. The van der Waals surface area contributed by atoms with Gasteiger partial charge in [0.15, 0.2) is 11.4 Å². The van der Waals surface area contributed by atoms with Crippen LogP contribution in [-0.4, -0.2) is 22.8 Å². The van der Waals surface area contributed by atoms with E-state index in [1.807, 2.05) is 42.5 Å². The van der Waals surface area contributed by atoms with Gasteiger partial charge in [0.25, 0.3) is 0 Å². The normalized spacial score (nSPS) is 9.87. The first-order valence-corrected chi connectivity index (χ1v) is 11.3. The molecule has 1 aromatic heterocycles. The van der Waals surface area contributed by atoms with Gasteiger partial charge in [-0.15, -0.1) is 10.2 Å². The van der Waals surface area contributed by atoms with Crippen molar-refractivity contribution in [2.75, 3.05) is 22.6 Å². The summed E-state index contributed by atoms with van der Waals surface area (Å²) in [5.74, 6) is 0.181. The maximum atomic E-state index is 13.2. The van der Waals surface area contributed by atoms with Crippen LogP contribution >= 0.6 is 0 Å². The Morgan fingerprint density at radius 3 is 2.08 bits per heavy atom. The van der Waals surface area contributed by atoms with Gasteiger partial charge in [0, 0.05) is 5.56 Å². The zero-order valence-electron chi connectivity index (χ0n) is 19.9. The van der Waals surface area contributed by atoms with Gasteiger partial charge in [-0.2, -0.15) is 10.5 Å². The fraction of sp³-hybridized carbons (Fsp3) is 0.0357. The van der Waals surface area contributed by atoms with Crippen molar-refractivity contribution in [2.45, 2.75) is 0 Å². The van der Waals surface area contributed by atoms with Crippen molar-refractivity contribution in [1.29, 1.82) is 10.5 Å². The standard InChI is InChI=1S/C28H20FN7O2/c29-21-10-12-22(13-11-21)38-18-26(20(16-30)17-31)32-24-8-4-5-9-25(24)33-28(37)34-27-15-14-23(35-36-27)19-6-2-1-3-7-19/h1-15,32H,18H2,(H2,33,34,36,37). The van der Waals surface area contributed by atoms with E-state index in [9.17, 15) is 19.7 Å². The topological polar surface area (TPSA) is 136 Å². The van der Waals surface area contributed by atoms with Crippen molar-refractivity contribution in [3.63, 3.8) is 0 Å². The molecule has 0 bridgehead atoms. The van der Waals surface area contributed by atoms with Gasteiger partial charge in [-0.3, -0.25) is 5.32 Å². The second kappa shape index (κ2) is 12.3. The lowest BCUT2D eigenvalue weighted by atomic mass is 10.1. The highest BCUT2D eigenvalue weighted by Gasteiger charge is 2.13. The van der Waals surface area contributed by atoms with Gasteiger partial charge >= 0.3 is 6.03 Å². The fourth-order valence-electron chi connectivity index (χ4n) is 3.31. The van der Waals surface area contributed by atoms with Crippen molar-refractivity contribution >= 4 is 23.2 Å². The van der Waals surface area contributed by atoms with E-state index in [0.29, 0.717) is 22.8 Å². The highest BCUT2D eigenvalue weighted by atomic mass is 19.1. The molecule has 0 spiro atoms. The Hall–Kier alpha value is -5.74. The van der Waals surface area contributed by atoms with Gasteiger partial charge in [0.2, 0.25) is 0 Å². The van der Waals surface area contributed by atoms with Gasteiger partial charge < -0.3 is 15.4 Å². The number of rotatable bonds is 8. The average Bonchev–Trinajstić information content (AvgIpc) is 2.95. The largest absolute Gasteiger partial charge is 0.487 e. The average molecular weight is 506 g/mol. The fourth-order valence-corrected chi connectivity index (χ4v) is 3.31. The van der Waals surface area contributed by atoms with Crippen molar-refractivity contribution in [2.24, 2.45) is 0 Å². The number of urea groups is 1. The minimum atomic E-state index is -0.574. The number of anilines is 3. The van der Waals surface area contributed by atoms with E-state index in [1.165, 1.54) is 24.3 Å². The molecule has 1 heterocycles. The molecule has 2 amide bonds. The minimum Gasteiger partial charge on any atom is -0.487 e. The number of nitrogens with one attached hydrogen (secondary N) is 3. The lowest BCUT2D eigenvalue weighted by Gasteiger charge is -2.16. The number of hydrogen-bond acceptors (Lipinski definition) is 7. The van der Waals surface area contributed by atoms with Crippen LogP contribution in [0.2, 0.25) is 0 Å². The maximum absolute atomic E-state index is 13.2. The Morgan fingerprint density at radius 2 is 1.45 bits per heavy atom. The molecule has 0 radical (unpaired) electrons. The molecule has 186 valence electrons. The summed E-state index contributed by atoms with van der Waals surface area (Å²) in [6.07, 6.45) is 0. The summed E-state index contributed by atoms with van der Waals surface area (Å²) in [5.41, 5.74) is 2.30. The Bertz CT molecular complexity index is 1510. The number of aromatic nitrogens is 2. The van der Waals surface area contributed by atoms with Crippen LogP contribution < -0.4 is 20.7 Å². The first kappa shape index (κ1) is 25.4. The Morgan fingerprint density at radius 1 is 0.789 bits per heavy atom. The summed E-state index contributed by atoms with van der Waals surface area (Å²) in [4.78, 5) is 12.7. The molecule has 3 N–H and O–H groups in total. The molecule has 0 saturated heterocycles. The third kappa shape index (κ3) is 6.68. The van der Waals surface area contributed by atoms with E-state index in [-0.39, 0.29) is 23.7 Å². The molecular formula is C28H20FN7O2. The summed E-state index contributed by atoms with van der Waals surface area (Å²) in [5, 5.41) is 35.4. The van der Waals surface area contributed by atoms with Crippen molar-refractivity contribution in [3.8, 4) is 29.1 Å². The van der Waals surface area contributed by atoms with Crippen LogP contribution in [0, 0.1) is 28.5 Å². The highest BCUT2D eigenvalue weighted by molar-refractivity contribution is 6.01. The number of allylic oxidation sites excluding steroid dienone is 1. The van der Waals surface area contributed by atoms with Crippen LogP contribution in [0.3, 0.4) is 0 Å². The number of amides is 2. The zero-order valence-corrected chi connectivity index (χ0v) is 19.9. The number of halogens is 1. The van der Waals surface area contributed by atoms with Crippen LogP contribution in [0.25, 0.3) is 11.3 Å². The van der Waals surface area contributed by atoms with Crippen LogP contribution in [-0.2, 0) is 0 Å². The summed E-state index contributed by atoms with van der Waals surface area (Å²) in [6.45, 7) is -0.175. The van der Waals surface area contributed by atoms with Crippen molar-refractivity contribution < 1.29 is 13.9 Å². The SMILES string of the molecule is N#CC(C#N)=C(COc1ccc(F)cc1)Nc1ccccc1NC(=O)Nc1ccc(-c2ccccc2)nn1. The number of benzene rings is 3. The molecule has 10 heteroatoms. The van der Waals surface area contributed by atoms with Gasteiger partial charge in [-0.05, 0) is 48.5 Å². The molecular weight excluding hydrogens is 485 g/mol. The van der Waals surface area contributed by atoms with Crippen molar-refractivity contribution in [1.82, 2.24) is 10.2 Å². The van der Waals surface area contributed by atoms with E-state index in [0.717, 1.165) is 5.56 Å². The number of ether oxygens (including phenoxy) is 1. The van der Waals surface area contributed by atoms with Crippen LogP contribution in [0.5, 0.6) is 5.75 Å². The summed E-state index contributed by atoms with van der Waals surface area (Å²) >= 11 is 0. The van der Waals surface area contributed by atoms with E-state index in [4.69, 9.17) is 4.74 Å². The van der Waals surface area contributed by atoms with Gasteiger partial charge in [-0.1, -0.05) is 42.5 Å². The Balaban J connectivity index is 1.45. The molecule has 9 nitrogen and oxygen atoms in total. The second-order valence-electron chi connectivity index (χ2n) is 7.74. The molecule has 4 rings (SSSR count). The molecule has 0 unspecified atom stereocenters. The molecule has 0 atom stereocenters. The second-order valence-corrected chi connectivity index (χ2v) is 7.74. The predicted octanol–water partition coefficient (Wildman–Crippen LogP) is 5.72. The lowest BCUT2D eigenvalue weighted by Crippen LogP contribution is -2.21. The Labute approximate surface area is 217 Å². The van der Waals surface area contributed by atoms with Gasteiger partial charge in [0.05, 0.1) is 22.8 Å². The third-order valence-electron chi connectivity index (χ3n) is 5.16. The number of nitriles is 2. The zero-order chi connectivity index (χ0) is 26.7. The summed E-state index contributed by atoms with van der Waals surface area (Å²) in [6, 6.07) is 28.0. The number of carbonyl (C=O) groups is 1. The molecule has 3 aromatic carbocycles. The van der Waals surface area contributed by atoms with E-state index in [2.05, 4.69) is 26.1 Å². The number of nitrogens with zero attached hydrogens (tertiary/aromatic N) is 4. The number of hydrogen-bond donors (Lipinski definition) is 3. The molecule has 0 fully saturated rings. The summed E-state index contributed by atoms with van der Waals surface area (Å²) in [7, 11) is 0. The number of para-hydroxylation sites is 2. The highest BCUT2D eigenvalue weighted by Crippen LogP contribution is 2.25. The smallest absolute Gasteiger partial charge is 0.324 e. The molecule has 4 aromatic rings. The van der Waals surface area contributed by atoms with E-state index >= 15 is 0 Å². The van der Waals surface area contributed by atoms with E-state index < -0.39 is 11.8 Å².